The third-order valence-electron chi connectivity index (χ3n) is 5.59. The lowest BCUT2D eigenvalue weighted by molar-refractivity contribution is -0.124. The van der Waals surface area contributed by atoms with Crippen LogP contribution in [0.2, 0.25) is 0 Å². The quantitative estimate of drug-likeness (QED) is 0.743. The van der Waals surface area contributed by atoms with E-state index in [1.54, 1.807) is 18.2 Å². The molecule has 2 fully saturated rings. The van der Waals surface area contributed by atoms with Gasteiger partial charge >= 0.3 is 0 Å². The molecule has 0 saturated carbocycles. The van der Waals surface area contributed by atoms with Gasteiger partial charge in [-0.2, -0.15) is 0 Å². The fraction of sp³-hybridized carbons (Fsp3) is 0.650. The topological polar surface area (TPSA) is 78.5 Å². The molecule has 2 saturated heterocycles. The van der Waals surface area contributed by atoms with Crippen molar-refractivity contribution in [1.82, 2.24) is 10.2 Å². The summed E-state index contributed by atoms with van der Waals surface area (Å²) in [5.41, 5.74) is 0.0456. The number of nitrogens with zero attached hydrogens (tertiary/aromatic N) is 1. The molecule has 0 aliphatic carbocycles. The van der Waals surface area contributed by atoms with Crippen LogP contribution in [0.3, 0.4) is 0 Å². The molecule has 154 valence electrons. The van der Waals surface area contributed by atoms with Crippen molar-refractivity contribution in [2.24, 2.45) is 5.41 Å². The zero-order valence-electron chi connectivity index (χ0n) is 16.1. The van der Waals surface area contributed by atoms with Crippen molar-refractivity contribution >= 4 is 5.91 Å². The third kappa shape index (κ3) is 4.87. The van der Waals surface area contributed by atoms with Crippen molar-refractivity contribution in [3.63, 3.8) is 0 Å². The van der Waals surface area contributed by atoms with Gasteiger partial charge in [-0.25, -0.2) is 0 Å². The molecule has 8 heteroatoms. The Kier molecular flexibility index (Phi) is 6.19. The van der Waals surface area contributed by atoms with Crippen LogP contribution < -0.4 is 19.5 Å². The third-order valence-corrected chi connectivity index (χ3v) is 5.59. The van der Waals surface area contributed by atoms with Crippen LogP contribution in [0, 0.1) is 5.41 Å². The van der Waals surface area contributed by atoms with E-state index in [4.69, 9.17) is 23.7 Å². The van der Waals surface area contributed by atoms with E-state index < -0.39 is 0 Å². The van der Waals surface area contributed by atoms with Crippen LogP contribution in [-0.2, 0) is 14.3 Å². The monoisotopic (exact) mass is 392 g/mol. The van der Waals surface area contributed by atoms with Gasteiger partial charge in [-0.15, -0.1) is 0 Å². The zero-order chi connectivity index (χ0) is 19.2. The first-order valence-electron chi connectivity index (χ1n) is 9.90. The molecule has 1 N–H and O–H groups in total. The maximum Gasteiger partial charge on any atom is 0.257 e. The summed E-state index contributed by atoms with van der Waals surface area (Å²) in [4.78, 5) is 14.8. The predicted molar refractivity (Wildman–Crippen MR) is 101 cm³/mol. The number of carbonyl (C=O) groups is 1. The molecule has 0 unspecified atom stereocenters. The Morgan fingerprint density at radius 2 is 1.82 bits per heavy atom. The average Bonchev–Trinajstić information content (AvgIpc) is 3.20. The molecule has 0 bridgehead atoms. The maximum absolute atomic E-state index is 12.4. The van der Waals surface area contributed by atoms with Gasteiger partial charge in [-0.3, -0.25) is 9.69 Å². The second-order valence-electron chi connectivity index (χ2n) is 7.58. The lowest BCUT2D eigenvalue weighted by Crippen LogP contribution is -2.51. The van der Waals surface area contributed by atoms with E-state index in [0.717, 1.165) is 58.9 Å². The standard InChI is InChI=1S/C20H28N2O6/c23-19(12-26-16-1-2-17-18(11-16)28-15-27-17)21-13-20(3-7-24-8-4-20)14-22-5-9-25-10-6-22/h1-2,11H,3-10,12-15H2,(H,21,23). The molecular weight excluding hydrogens is 364 g/mol. The molecule has 3 aliphatic heterocycles. The lowest BCUT2D eigenvalue weighted by atomic mass is 9.79. The largest absolute Gasteiger partial charge is 0.484 e. The van der Waals surface area contributed by atoms with Crippen LogP contribution in [0.4, 0.5) is 0 Å². The van der Waals surface area contributed by atoms with Gasteiger partial charge in [0.15, 0.2) is 18.1 Å². The van der Waals surface area contributed by atoms with Gasteiger partial charge in [0, 0.05) is 50.9 Å². The number of carbonyl (C=O) groups excluding carboxylic acids is 1. The Balaban J connectivity index is 1.27. The van der Waals surface area contributed by atoms with E-state index in [1.165, 1.54) is 0 Å². The Bertz CT molecular complexity index is 671. The van der Waals surface area contributed by atoms with Crippen LogP contribution >= 0.6 is 0 Å². The fourth-order valence-corrected chi connectivity index (χ4v) is 3.88. The van der Waals surface area contributed by atoms with Crippen molar-refractivity contribution in [3.8, 4) is 17.2 Å². The highest BCUT2D eigenvalue weighted by Crippen LogP contribution is 2.35. The van der Waals surface area contributed by atoms with Gasteiger partial charge in [-0.05, 0) is 25.0 Å². The van der Waals surface area contributed by atoms with Crippen LogP contribution in [0.5, 0.6) is 17.2 Å². The number of benzene rings is 1. The summed E-state index contributed by atoms with van der Waals surface area (Å²) in [6, 6.07) is 5.31. The van der Waals surface area contributed by atoms with Crippen LogP contribution in [0.15, 0.2) is 18.2 Å². The van der Waals surface area contributed by atoms with E-state index in [-0.39, 0.29) is 24.7 Å². The smallest absolute Gasteiger partial charge is 0.257 e. The van der Waals surface area contributed by atoms with Crippen molar-refractivity contribution in [2.75, 3.05) is 66.0 Å². The number of hydrogen-bond donors (Lipinski definition) is 1. The summed E-state index contributed by atoms with van der Waals surface area (Å²) in [5, 5.41) is 3.07. The number of nitrogens with one attached hydrogen (secondary N) is 1. The molecule has 1 amide bonds. The molecule has 0 radical (unpaired) electrons. The van der Waals surface area contributed by atoms with E-state index >= 15 is 0 Å². The molecule has 8 nitrogen and oxygen atoms in total. The number of ether oxygens (including phenoxy) is 5. The van der Waals surface area contributed by atoms with Crippen molar-refractivity contribution < 1.29 is 28.5 Å². The minimum absolute atomic E-state index is 0.0240. The number of fused-ring (bicyclic) bond motifs is 1. The molecule has 0 spiro atoms. The zero-order valence-corrected chi connectivity index (χ0v) is 16.1. The molecule has 3 heterocycles. The highest BCUT2D eigenvalue weighted by Gasteiger charge is 2.35. The average molecular weight is 392 g/mol. The first kappa shape index (κ1) is 19.3. The molecule has 3 aliphatic rings. The summed E-state index contributed by atoms with van der Waals surface area (Å²) < 4.78 is 27.2. The molecule has 4 rings (SSSR count). The summed E-state index contributed by atoms with van der Waals surface area (Å²) in [7, 11) is 0. The molecule has 1 aromatic rings. The molecule has 1 aromatic carbocycles. The van der Waals surface area contributed by atoms with Gasteiger partial charge in [-0.1, -0.05) is 0 Å². The molecule has 28 heavy (non-hydrogen) atoms. The molecule has 0 aromatic heterocycles. The minimum Gasteiger partial charge on any atom is -0.484 e. The number of hydrogen-bond acceptors (Lipinski definition) is 7. The van der Waals surface area contributed by atoms with Crippen molar-refractivity contribution in [3.05, 3.63) is 18.2 Å². The summed E-state index contributed by atoms with van der Waals surface area (Å²) in [6.07, 6.45) is 1.90. The second-order valence-corrected chi connectivity index (χ2v) is 7.58. The van der Waals surface area contributed by atoms with E-state index in [9.17, 15) is 4.79 Å². The maximum atomic E-state index is 12.4. The summed E-state index contributed by atoms with van der Waals surface area (Å²) in [5.74, 6) is 1.81. The first-order chi connectivity index (χ1) is 13.7. The fourth-order valence-electron chi connectivity index (χ4n) is 3.88. The van der Waals surface area contributed by atoms with E-state index in [0.29, 0.717) is 23.8 Å². The Morgan fingerprint density at radius 3 is 2.64 bits per heavy atom. The van der Waals surface area contributed by atoms with E-state index in [1.807, 2.05) is 0 Å². The van der Waals surface area contributed by atoms with Gasteiger partial charge in [0.25, 0.3) is 5.91 Å². The van der Waals surface area contributed by atoms with Crippen LogP contribution in [-0.4, -0.2) is 76.8 Å². The number of morpholine rings is 1. The molecule has 0 atom stereocenters. The molecular formula is C20H28N2O6. The van der Waals surface area contributed by atoms with E-state index in [2.05, 4.69) is 10.2 Å². The first-order valence-corrected chi connectivity index (χ1v) is 9.90. The van der Waals surface area contributed by atoms with Crippen LogP contribution in [0.1, 0.15) is 12.8 Å². The normalized spacial score (nSPS) is 21.3. The second kappa shape index (κ2) is 8.98. The lowest BCUT2D eigenvalue weighted by Gasteiger charge is -2.42. The predicted octanol–water partition coefficient (Wildman–Crippen LogP) is 1.04. The van der Waals surface area contributed by atoms with Crippen LogP contribution in [0.25, 0.3) is 0 Å². The summed E-state index contributed by atoms with van der Waals surface area (Å²) in [6.45, 7) is 6.73. The highest BCUT2D eigenvalue weighted by atomic mass is 16.7. The summed E-state index contributed by atoms with van der Waals surface area (Å²) >= 11 is 0. The van der Waals surface area contributed by atoms with Gasteiger partial charge in [0.1, 0.15) is 5.75 Å². The Labute approximate surface area is 165 Å². The van der Waals surface area contributed by atoms with Gasteiger partial charge in [0.05, 0.1) is 13.2 Å². The number of rotatable bonds is 7. The van der Waals surface area contributed by atoms with Crippen molar-refractivity contribution in [1.29, 1.82) is 0 Å². The van der Waals surface area contributed by atoms with Gasteiger partial charge < -0.3 is 29.0 Å². The Morgan fingerprint density at radius 1 is 1.07 bits per heavy atom. The Hall–Kier alpha value is -2.03. The SMILES string of the molecule is O=C(COc1ccc2c(c1)OCO2)NCC1(CN2CCOCC2)CCOCC1. The van der Waals surface area contributed by atoms with Gasteiger partial charge in [0.2, 0.25) is 6.79 Å². The van der Waals surface area contributed by atoms with Crippen molar-refractivity contribution in [2.45, 2.75) is 12.8 Å². The minimum atomic E-state index is -0.120. The number of amides is 1. The highest BCUT2D eigenvalue weighted by molar-refractivity contribution is 5.77.